The van der Waals surface area contributed by atoms with Crippen molar-refractivity contribution in [1.82, 2.24) is 0 Å². The molecule has 2 unspecified atom stereocenters. The van der Waals surface area contributed by atoms with Gasteiger partial charge in [0.25, 0.3) is 0 Å². The number of aliphatic hydroxyl groups excluding tert-OH is 1. The molecule has 0 heterocycles. The van der Waals surface area contributed by atoms with E-state index in [1.807, 2.05) is 6.92 Å². The van der Waals surface area contributed by atoms with Crippen molar-refractivity contribution in [2.75, 3.05) is 0 Å². The van der Waals surface area contributed by atoms with Crippen LogP contribution in [0.2, 0.25) is 0 Å². The number of rotatable bonds is 4. The van der Waals surface area contributed by atoms with Gasteiger partial charge in [0.15, 0.2) is 0 Å². The van der Waals surface area contributed by atoms with Crippen molar-refractivity contribution in [2.45, 2.75) is 64.4 Å². The fourth-order valence-electron chi connectivity index (χ4n) is 2.28. The van der Waals surface area contributed by atoms with Crippen molar-refractivity contribution in [2.24, 2.45) is 5.92 Å². The highest BCUT2D eigenvalue weighted by atomic mass is 16.3. The molecule has 0 aliphatic heterocycles. The van der Waals surface area contributed by atoms with Crippen LogP contribution in [0.15, 0.2) is 0 Å². The minimum absolute atomic E-state index is 0.224. The van der Waals surface area contributed by atoms with E-state index >= 15 is 0 Å². The molecule has 82 valence electrons. The van der Waals surface area contributed by atoms with E-state index in [9.17, 15) is 9.90 Å². The molecule has 1 rings (SSSR count). The third kappa shape index (κ3) is 3.79. The van der Waals surface area contributed by atoms with Gasteiger partial charge in [-0.3, -0.25) is 4.79 Å². The van der Waals surface area contributed by atoms with Gasteiger partial charge < -0.3 is 5.11 Å². The first-order chi connectivity index (χ1) is 6.74. The van der Waals surface area contributed by atoms with Gasteiger partial charge in [-0.1, -0.05) is 26.2 Å². The van der Waals surface area contributed by atoms with Gasteiger partial charge in [0.1, 0.15) is 5.78 Å². The highest BCUT2D eigenvalue weighted by Gasteiger charge is 2.23. The minimum atomic E-state index is -0.224. The molecule has 1 aliphatic rings. The van der Waals surface area contributed by atoms with E-state index < -0.39 is 0 Å². The van der Waals surface area contributed by atoms with E-state index in [2.05, 4.69) is 0 Å². The molecule has 2 heteroatoms. The number of ketones is 1. The molecule has 2 nitrogen and oxygen atoms in total. The first-order valence-electron chi connectivity index (χ1n) is 5.93. The standard InChI is InChI=1S/C12H22O2/c1-2-6-11(13)9-10-7-4-3-5-8-12(10)14/h10,12,14H,2-9H2,1H3. The quantitative estimate of drug-likeness (QED) is 0.705. The zero-order chi connectivity index (χ0) is 10.4. The van der Waals surface area contributed by atoms with Crippen LogP contribution >= 0.6 is 0 Å². The molecule has 1 fully saturated rings. The van der Waals surface area contributed by atoms with E-state index in [4.69, 9.17) is 0 Å². The topological polar surface area (TPSA) is 37.3 Å². The van der Waals surface area contributed by atoms with Crippen molar-refractivity contribution in [1.29, 1.82) is 0 Å². The lowest BCUT2D eigenvalue weighted by atomic mass is 9.91. The van der Waals surface area contributed by atoms with Gasteiger partial charge in [0, 0.05) is 12.8 Å². The summed E-state index contributed by atoms with van der Waals surface area (Å²) in [5, 5.41) is 9.81. The lowest BCUT2D eigenvalue weighted by Gasteiger charge is -2.19. The molecule has 2 atom stereocenters. The second-order valence-electron chi connectivity index (χ2n) is 4.46. The van der Waals surface area contributed by atoms with Crippen molar-refractivity contribution < 1.29 is 9.90 Å². The highest BCUT2D eigenvalue weighted by Crippen LogP contribution is 2.26. The van der Waals surface area contributed by atoms with E-state index in [1.165, 1.54) is 12.8 Å². The summed E-state index contributed by atoms with van der Waals surface area (Å²) in [6.07, 6.45) is 7.45. The molecule has 0 aromatic carbocycles. The Labute approximate surface area is 86.7 Å². The number of carbonyl (C=O) groups is 1. The Hall–Kier alpha value is -0.370. The fourth-order valence-corrected chi connectivity index (χ4v) is 2.28. The molecule has 0 bridgehead atoms. The summed E-state index contributed by atoms with van der Waals surface area (Å²) in [7, 11) is 0. The Morgan fingerprint density at radius 1 is 1.29 bits per heavy atom. The van der Waals surface area contributed by atoms with Crippen LogP contribution in [0.1, 0.15) is 58.3 Å². The van der Waals surface area contributed by atoms with Crippen molar-refractivity contribution in [3.63, 3.8) is 0 Å². The average molecular weight is 198 g/mol. The lowest BCUT2D eigenvalue weighted by Crippen LogP contribution is -2.21. The van der Waals surface area contributed by atoms with Crippen LogP contribution < -0.4 is 0 Å². The van der Waals surface area contributed by atoms with Crippen molar-refractivity contribution in [3.8, 4) is 0 Å². The van der Waals surface area contributed by atoms with Gasteiger partial charge in [0.05, 0.1) is 6.10 Å². The molecular weight excluding hydrogens is 176 g/mol. The van der Waals surface area contributed by atoms with Crippen LogP contribution in [0.4, 0.5) is 0 Å². The minimum Gasteiger partial charge on any atom is -0.393 e. The van der Waals surface area contributed by atoms with E-state index in [0.717, 1.165) is 25.7 Å². The van der Waals surface area contributed by atoms with E-state index in [-0.39, 0.29) is 12.0 Å². The maximum absolute atomic E-state index is 11.5. The van der Waals surface area contributed by atoms with Crippen LogP contribution in [0, 0.1) is 5.92 Å². The fraction of sp³-hybridized carbons (Fsp3) is 0.917. The molecule has 0 aromatic rings. The molecule has 0 aromatic heterocycles. The number of Topliss-reactive ketones (excluding diaryl/α,β-unsaturated/α-hetero) is 1. The second kappa shape index (κ2) is 6.18. The monoisotopic (exact) mass is 198 g/mol. The predicted octanol–water partition coefficient (Wildman–Crippen LogP) is 2.69. The summed E-state index contributed by atoms with van der Waals surface area (Å²) in [6, 6.07) is 0. The molecule has 1 saturated carbocycles. The van der Waals surface area contributed by atoms with Crippen LogP contribution in [0.25, 0.3) is 0 Å². The number of aliphatic hydroxyl groups is 1. The summed E-state index contributed by atoms with van der Waals surface area (Å²) in [5.41, 5.74) is 0. The molecule has 0 spiro atoms. The van der Waals surface area contributed by atoms with Gasteiger partial charge in [-0.15, -0.1) is 0 Å². The Morgan fingerprint density at radius 3 is 2.71 bits per heavy atom. The number of hydrogen-bond donors (Lipinski definition) is 1. The van der Waals surface area contributed by atoms with Crippen LogP contribution in [-0.4, -0.2) is 17.0 Å². The van der Waals surface area contributed by atoms with Crippen LogP contribution in [0.3, 0.4) is 0 Å². The van der Waals surface area contributed by atoms with Gasteiger partial charge >= 0.3 is 0 Å². The Kier molecular flexibility index (Phi) is 5.16. The van der Waals surface area contributed by atoms with Gasteiger partial charge in [-0.2, -0.15) is 0 Å². The summed E-state index contributed by atoms with van der Waals surface area (Å²) in [4.78, 5) is 11.5. The SMILES string of the molecule is CCCC(=O)CC1CCCCCC1O. The van der Waals surface area contributed by atoms with Gasteiger partial charge in [-0.25, -0.2) is 0 Å². The smallest absolute Gasteiger partial charge is 0.133 e. The van der Waals surface area contributed by atoms with Gasteiger partial charge in [-0.05, 0) is 25.2 Å². The van der Waals surface area contributed by atoms with Crippen molar-refractivity contribution >= 4 is 5.78 Å². The predicted molar refractivity (Wildman–Crippen MR) is 57.1 cm³/mol. The largest absolute Gasteiger partial charge is 0.393 e. The van der Waals surface area contributed by atoms with E-state index in [0.29, 0.717) is 18.6 Å². The van der Waals surface area contributed by atoms with Crippen LogP contribution in [-0.2, 0) is 4.79 Å². The molecule has 14 heavy (non-hydrogen) atoms. The Morgan fingerprint density at radius 2 is 2.00 bits per heavy atom. The number of hydrogen-bond acceptors (Lipinski definition) is 2. The molecule has 1 N–H and O–H groups in total. The van der Waals surface area contributed by atoms with E-state index in [1.54, 1.807) is 0 Å². The summed E-state index contributed by atoms with van der Waals surface area (Å²) >= 11 is 0. The first-order valence-corrected chi connectivity index (χ1v) is 5.93. The molecule has 0 amide bonds. The summed E-state index contributed by atoms with van der Waals surface area (Å²) < 4.78 is 0. The lowest BCUT2D eigenvalue weighted by molar-refractivity contribution is -0.121. The third-order valence-electron chi connectivity index (χ3n) is 3.14. The Balaban J connectivity index is 2.36. The Bertz CT molecular complexity index is 177. The zero-order valence-corrected chi connectivity index (χ0v) is 9.17. The molecule has 0 saturated heterocycles. The average Bonchev–Trinajstić information content (AvgIpc) is 2.33. The first kappa shape index (κ1) is 11.7. The molecule has 1 aliphatic carbocycles. The maximum atomic E-state index is 11.5. The van der Waals surface area contributed by atoms with Crippen LogP contribution in [0.5, 0.6) is 0 Å². The van der Waals surface area contributed by atoms with Crippen molar-refractivity contribution in [3.05, 3.63) is 0 Å². The zero-order valence-electron chi connectivity index (χ0n) is 9.17. The normalized spacial score (nSPS) is 28.4. The highest BCUT2D eigenvalue weighted by molar-refractivity contribution is 5.78. The van der Waals surface area contributed by atoms with Gasteiger partial charge in [0.2, 0.25) is 0 Å². The second-order valence-corrected chi connectivity index (χ2v) is 4.46. The number of carbonyl (C=O) groups excluding carboxylic acids is 1. The summed E-state index contributed by atoms with van der Waals surface area (Å²) in [6.45, 7) is 2.03. The third-order valence-corrected chi connectivity index (χ3v) is 3.14. The molecular formula is C12H22O2. The molecule has 0 radical (unpaired) electrons. The summed E-state index contributed by atoms with van der Waals surface area (Å²) in [5.74, 6) is 0.579. The maximum Gasteiger partial charge on any atom is 0.133 e.